The number of nitrogens with one attached hydrogen (secondary N) is 1. The topological polar surface area (TPSA) is 72.8 Å². The van der Waals surface area contributed by atoms with E-state index in [0.29, 0.717) is 43.1 Å². The zero-order valence-electron chi connectivity index (χ0n) is 25.2. The molecule has 1 aromatic heterocycles. The van der Waals surface area contributed by atoms with E-state index in [-0.39, 0.29) is 11.8 Å². The SMILES string of the molecule is COc1ccc(CCNC(=O)c2ccc3n2Cc2ccccc2N(C(=O)c2ccc(-c4ccccc4C)c(OC)c2)C3)cc1. The van der Waals surface area contributed by atoms with Crippen LogP contribution in [0.3, 0.4) is 0 Å². The van der Waals surface area contributed by atoms with Crippen LogP contribution >= 0.6 is 0 Å². The van der Waals surface area contributed by atoms with Crippen LogP contribution in [0.1, 0.15) is 43.2 Å². The molecule has 0 fully saturated rings. The second-order valence-corrected chi connectivity index (χ2v) is 10.9. The molecule has 0 radical (unpaired) electrons. The van der Waals surface area contributed by atoms with Crippen molar-refractivity contribution in [1.29, 1.82) is 0 Å². The van der Waals surface area contributed by atoms with E-state index in [1.807, 2.05) is 95.6 Å². The van der Waals surface area contributed by atoms with E-state index in [1.54, 1.807) is 19.1 Å². The van der Waals surface area contributed by atoms with Crippen LogP contribution in [0.2, 0.25) is 0 Å². The second-order valence-electron chi connectivity index (χ2n) is 10.9. The third-order valence-corrected chi connectivity index (χ3v) is 8.22. The molecular formula is C37H35N3O4. The lowest BCUT2D eigenvalue weighted by atomic mass is 9.98. The summed E-state index contributed by atoms with van der Waals surface area (Å²) in [6.07, 6.45) is 0.709. The Balaban J connectivity index is 1.25. The summed E-state index contributed by atoms with van der Waals surface area (Å²) in [5, 5.41) is 3.07. The first-order valence-corrected chi connectivity index (χ1v) is 14.7. The van der Waals surface area contributed by atoms with Crippen molar-refractivity contribution in [1.82, 2.24) is 9.88 Å². The summed E-state index contributed by atoms with van der Waals surface area (Å²) in [7, 11) is 3.27. The summed E-state index contributed by atoms with van der Waals surface area (Å²) < 4.78 is 13.0. The van der Waals surface area contributed by atoms with E-state index in [4.69, 9.17) is 9.47 Å². The molecular weight excluding hydrogens is 550 g/mol. The van der Waals surface area contributed by atoms with Crippen molar-refractivity contribution in [2.24, 2.45) is 0 Å². The number of methoxy groups -OCH3 is 2. The molecule has 7 heteroatoms. The zero-order chi connectivity index (χ0) is 30.6. The molecule has 0 saturated carbocycles. The minimum absolute atomic E-state index is 0.132. The number of nitrogens with zero attached hydrogens (tertiary/aromatic N) is 2. The van der Waals surface area contributed by atoms with E-state index in [0.717, 1.165) is 44.9 Å². The molecule has 44 heavy (non-hydrogen) atoms. The van der Waals surface area contributed by atoms with Crippen molar-refractivity contribution in [3.8, 4) is 22.6 Å². The lowest BCUT2D eigenvalue weighted by Gasteiger charge is -2.23. The molecule has 0 saturated heterocycles. The predicted molar refractivity (Wildman–Crippen MR) is 173 cm³/mol. The van der Waals surface area contributed by atoms with E-state index < -0.39 is 0 Å². The van der Waals surface area contributed by atoms with E-state index in [2.05, 4.69) is 24.4 Å². The highest BCUT2D eigenvalue weighted by atomic mass is 16.5. The van der Waals surface area contributed by atoms with Gasteiger partial charge in [0.05, 0.1) is 27.3 Å². The normalized spacial score (nSPS) is 12.1. The first-order valence-electron chi connectivity index (χ1n) is 14.7. The van der Waals surface area contributed by atoms with Crippen LogP contribution in [0.5, 0.6) is 11.5 Å². The van der Waals surface area contributed by atoms with Gasteiger partial charge in [0.25, 0.3) is 11.8 Å². The number of fused-ring (bicyclic) bond motifs is 2. The third-order valence-electron chi connectivity index (χ3n) is 8.22. The van der Waals surface area contributed by atoms with Gasteiger partial charge in [-0.2, -0.15) is 0 Å². The molecule has 4 aromatic carbocycles. The van der Waals surface area contributed by atoms with E-state index in [1.165, 1.54) is 0 Å². The second kappa shape index (κ2) is 12.5. The Kier molecular flexibility index (Phi) is 8.19. The maximum atomic E-state index is 14.1. The van der Waals surface area contributed by atoms with Gasteiger partial charge in [-0.3, -0.25) is 9.59 Å². The quantitative estimate of drug-likeness (QED) is 0.221. The molecule has 5 aromatic rings. The van der Waals surface area contributed by atoms with Gasteiger partial charge < -0.3 is 24.3 Å². The third kappa shape index (κ3) is 5.69. The Hall–Kier alpha value is -5.30. The molecule has 0 atom stereocenters. The molecule has 2 heterocycles. The minimum atomic E-state index is -0.140. The number of para-hydroxylation sites is 1. The highest BCUT2D eigenvalue weighted by Gasteiger charge is 2.28. The van der Waals surface area contributed by atoms with Crippen LogP contribution in [0.15, 0.2) is 103 Å². The first kappa shape index (κ1) is 28.8. The van der Waals surface area contributed by atoms with Crippen molar-refractivity contribution in [2.75, 3.05) is 25.7 Å². The number of carbonyl (C=O) groups is 2. The Labute approximate surface area is 257 Å². The van der Waals surface area contributed by atoms with Crippen molar-refractivity contribution in [2.45, 2.75) is 26.4 Å². The van der Waals surface area contributed by atoms with Crippen LogP contribution in [0.4, 0.5) is 5.69 Å². The van der Waals surface area contributed by atoms with Crippen LogP contribution in [0, 0.1) is 6.92 Å². The number of benzene rings is 4. The van der Waals surface area contributed by atoms with Gasteiger partial charge in [0, 0.05) is 29.1 Å². The van der Waals surface area contributed by atoms with E-state index in [9.17, 15) is 9.59 Å². The molecule has 0 unspecified atom stereocenters. The molecule has 1 aliphatic rings. The number of ether oxygens (including phenoxy) is 2. The fraction of sp³-hybridized carbons (Fsp3) is 0.189. The largest absolute Gasteiger partial charge is 0.497 e. The maximum Gasteiger partial charge on any atom is 0.267 e. The smallest absolute Gasteiger partial charge is 0.267 e. The summed E-state index contributed by atoms with van der Waals surface area (Å²) in [6, 6.07) is 33.3. The molecule has 1 N–H and O–H groups in total. The molecule has 0 aliphatic carbocycles. The highest BCUT2D eigenvalue weighted by Crippen LogP contribution is 2.35. The van der Waals surface area contributed by atoms with Crippen LogP contribution in [0.25, 0.3) is 11.1 Å². The van der Waals surface area contributed by atoms with Crippen LogP contribution in [-0.2, 0) is 19.5 Å². The number of hydrogen-bond acceptors (Lipinski definition) is 4. The van der Waals surface area contributed by atoms with Crippen LogP contribution < -0.4 is 19.7 Å². The number of rotatable bonds is 8. The summed E-state index contributed by atoms with van der Waals surface area (Å²) in [5.74, 6) is 1.18. The standard InChI is InChI=1S/C37H35N3O4/c1-25-8-4-6-10-31(25)32-18-14-27(22-35(32)44-3)37(42)40-24-29-15-19-34(39(29)23-28-9-5-7-11-33(28)40)36(41)38-21-20-26-12-16-30(43-2)17-13-26/h4-19,22H,20-21,23-24H2,1-3H3,(H,38,41). The lowest BCUT2D eigenvalue weighted by molar-refractivity contribution is 0.0944. The van der Waals surface area contributed by atoms with E-state index >= 15 is 0 Å². The van der Waals surface area contributed by atoms with Gasteiger partial charge in [-0.15, -0.1) is 0 Å². The van der Waals surface area contributed by atoms with Gasteiger partial charge in [0.15, 0.2) is 0 Å². The van der Waals surface area contributed by atoms with Gasteiger partial charge in [-0.05, 0) is 84.1 Å². The summed E-state index contributed by atoms with van der Waals surface area (Å²) >= 11 is 0. The Bertz CT molecular complexity index is 1820. The summed E-state index contributed by atoms with van der Waals surface area (Å²) in [4.78, 5) is 29.3. The molecule has 0 spiro atoms. The number of aryl methyl sites for hydroxylation is 1. The van der Waals surface area contributed by atoms with Crippen molar-refractivity contribution in [3.05, 3.63) is 137 Å². The maximum absolute atomic E-state index is 14.1. The minimum Gasteiger partial charge on any atom is -0.497 e. The first-order chi connectivity index (χ1) is 21.5. The predicted octanol–water partition coefficient (Wildman–Crippen LogP) is 6.66. The molecule has 6 rings (SSSR count). The molecule has 222 valence electrons. The Morgan fingerprint density at radius 1 is 0.795 bits per heavy atom. The van der Waals surface area contributed by atoms with Gasteiger partial charge in [0.2, 0.25) is 0 Å². The van der Waals surface area contributed by atoms with Gasteiger partial charge in [-0.1, -0.05) is 54.6 Å². The van der Waals surface area contributed by atoms with Gasteiger partial charge >= 0.3 is 0 Å². The molecule has 1 aliphatic heterocycles. The van der Waals surface area contributed by atoms with Gasteiger partial charge in [0.1, 0.15) is 17.2 Å². The van der Waals surface area contributed by atoms with Crippen molar-refractivity contribution >= 4 is 17.5 Å². The highest BCUT2D eigenvalue weighted by molar-refractivity contribution is 6.07. The average Bonchev–Trinajstić information content (AvgIpc) is 3.37. The Morgan fingerprint density at radius 2 is 1.57 bits per heavy atom. The van der Waals surface area contributed by atoms with Crippen LogP contribution in [-0.4, -0.2) is 37.1 Å². The lowest BCUT2D eigenvalue weighted by Crippen LogP contribution is -2.31. The number of hydrogen-bond donors (Lipinski definition) is 1. The Morgan fingerprint density at radius 3 is 2.34 bits per heavy atom. The fourth-order valence-corrected chi connectivity index (χ4v) is 5.82. The monoisotopic (exact) mass is 585 g/mol. The number of aromatic nitrogens is 1. The average molecular weight is 586 g/mol. The number of carbonyl (C=O) groups excluding carboxylic acids is 2. The molecule has 7 nitrogen and oxygen atoms in total. The van der Waals surface area contributed by atoms with Gasteiger partial charge in [-0.25, -0.2) is 0 Å². The number of amides is 2. The molecule has 2 amide bonds. The zero-order valence-corrected chi connectivity index (χ0v) is 25.2. The fourth-order valence-electron chi connectivity index (χ4n) is 5.82. The molecule has 0 bridgehead atoms. The van der Waals surface area contributed by atoms with Crippen molar-refractivity contribution in [3.63, 3.8) is 0 Å². The summed E-state index contributed by atoms with van der Waals surface area (Å²) in [5.41, 5.74) is 8.04. The summed E-state index contributed by atoms with van der Waals surface area (Å²) in [6.45, 7) is 3.38. The van der Waals surface area contributed by atoms with Crippen molar-refractivity contribution < 1.29 is 19.1 Å². The number of anilines is 1.